The summed E-state index contributed by atoms with van der Waals surface area (Å²) in [6.45, 7) is 6.14. The van der Waals surface area contributed by atoms with Gasteiger partial charge in [0.1, 0.15) is 0 Å². The fraction of sp³-hybridized carbons (Fsp3) is 1.00. The highest BCUT2D eigenvalue weighted by Crippen LogP contribution is 2.06. The van der Waals surface area contributed by atoms with Gasteiger partial charge in [0.2, 0.25) is 0 Å². The Hall–Kier alpha value is -0.120. The normalized spacial score (nSPS) is 14.5. The molecule has 0 aromatic rings. The summed E-state index contributed by atoms with van der Waals surface area (Å²) in [5.41, 5.74) is 8.83. The summed E-state index contributed by atoms with van der Waals surface area (Å²) in [6.07, 6.45) is 0. The number of nitrogens with zero attached hydrogens (tertiary/aromatic N) is 1. The Balaban J connectivity index is 3.52. The summed E-state index contributed by atoms with van der Waals surface area (Å²) in [5.74, 6) is 1.24. The molecule has 0 radical (unpaired) electrons. The van der Waals surface area contributed by atoms with Crippen LogP contribution in [0.3, 0.4) is 0 Å². The third kappa shape index (κ3) is 5.18. The molecule has 0 aliphatic carbocycles. The molecule has 0 aromatic carbocycles. The summed E-state index contributed by atoms with van der Waals surface area (Å²) in [5, 5.41) is 1.96. The zero-order valence-corrected chi connectivity index (χ0v) is 8.09. The molecule has 0 bridgehead atoms. The molecule has 0 saturated carbocycles. The van der Waals surface area contributed by atoms with Crippen molar-refractivity contribution in [1.29, 1.82) is 0 Å². The summed E-state index contributed by atoms with van der Waals surface area (Å²) >= 11 is 0. The monoisotopic (exact) mass is 159 g/mol. The van der Waals surface area contributed by atoms with Gasteiger partial charge >= 0.3 is 0 Å². The molecule has 3 nitrogen and oxygen atoms in total. The SMILES string of the molecule is CC(C)C(CN)CNN(C)C. The molecule has 0 aromatic heterocycles. The molecule has 68 valence electrons. The minimum atomic E-state index is 0.581. The molecule has 1 atom stereocenters. The molecule has 0 rings (SSSR count). The van der Waals surface area contributed by atoms with Gasteiger partial charge in [0, 0.05) is 20.6 Å². The Morgan fingerprint density at radius 2 is 1.91 bits per heavy atom. The minimum absolute atomic E-state index is 0.581. The Kier molecular flexibility index (Phi) is 5.46. The van der Waals surface area contributed by atoms with E-state index in [1.807, 2.05) is 19.1 Å². The van der Waals surface area contributed by atoms with E-state index < -0.39 is 0 Å². The molecule has 1 unspecified atom stereocenters. The fourth-order valence-electron chi connectivity index (χ4n) is 0.891. The average molecular weight is 159 g/mol. The molecular weight excluding hydrogens is 138 g/mol. The molecule has 0 fully saturated rings. The summed E-state index contributed by atoms with van der Waals surface area (Å²) in [6, 6.07) is 0. The summed E-state index contributed by atoms with van der Waals surface area (Å²) < 4.78 is 0. The van der Waals surface area contributed by atoms with Gasteiger partial charge < -0.3 is 5.73 Å². The highest BCUT2D eigenvalue weighted by atomic mass is 15.5. The second-order valence-electron chi connectivity index (χ2n) is 3.50. The van der Waals surface area contributed by atoms with Crippen LogP contribution in [-0.2, 0) is 0 Å². The summed E-state index contributed by atoms with van der Waals surface area (Å²) in [4.78, 5) is 0. The van der Waals surface area contributed by atoms with Gasteiger partial charge in [-0.15, -0.1) is 0 Å². The van der Waals surface area contributed by atoms with Gasteiger partial charge in [-0.3, -0.25) is 10.4 Å². The molecule has 0 aliphatic rings. The molecule has 0 amide bonds. The van der Waals surface area contributed by atoms with E-state index in [9.17, 15) is 0 Å². The van der Waals surface area contributed by atoms with Crippen LogP contribution in [0.25, 0.3) is 0 Å². The maximum atomic E-state index is 5.60. The van der Waals surface area contributed by atoms with Gasteiger partial charge in [-0.2, -0.15) is 0 Å². The van der Waals surface area contributed by atoms with Gasteiger partial charge in [0.15, 0.2) is 0 Å². The van der Waals surface area contributed by atoms with Crippen molar-refractivity contribution in [3.8, 4) is 0 Å². The van der Waals surface area contributed by atoms with Crippen molar-refractivity contribution in [3.05, 3.63) is 0 Å². The van der Waals surface area contributed by atoms with E-state index in [4.69, 9.17) is 5.73 Å². The van der Waals surface area contributed by atoms with Crippen molar-refractivity contribution in [2.45, 2.75) is 13.8 Å². The molecule has 11 heavy (non-hydrogen) atoms. The van der Waals surface area contributed by atoms with Gasteiger partial charge in [-0.05, 0) is 18.4 Å². The van der Waals surface area contributed by atoms with E-state index >= 15 is 0 Å². The van der Waals surface area contributed by atoms with Crippen LogP contribution in [0.2, 0.25) is 0 Å². The van der Waals surface area contributed by atoms with Gasteiger partial charge in [-0.1, -0.05) is 13.8 Å². The zero-order valence-electron chi connectivity index (χ0n) is 8.09. The van der Waals surface area contributed by atoms with E-state index in [2.05, 4.69) is 19.3 Å². The van der Waals surface area contributed by atoms with Crippen molar-refractivity contribution >= 4 is 0 Å². The van der Waals surface area contributed by atoms with Crippen LogP contribution in [0.4, 0.5) is 0 Å². The van der Waals surface area contributed by atoms with Crippen molar-refractivity contribution in [2.75, 3.05) is 27.2 Å². The van der Waals surface area contributed by atoms with E-state index in [0.717, 1.165) is 13.1 Å². The maximum absolute atomic E-state index is 5.60. The Morgan fingerprint density at radius 3 is 2.18 bits per heavy atom. The average Bonchev–Trinajstić information content (AvgIpc) is 1.87. The number of nitrogens with two attached hydrogens (primary N) is 1. The number of hydrazine groups is 1. The predicted octanol–water partition coefficient (Wildman–Crippen LogP) is 0.284. The maximum Gasteiger partial charge on any atom is 0.0145 e. The number of hydrogen-bond acceptors (Lipinski definition) is 3. The lowest BCUT2D eigenvalue weighted by molar-refractivity contribution is 0.240. The second kappa shape index (κ2) is 5.52. The van der Waals surface area contributed by atoms with Gasteiger partial charge in [0.25, 0.3) is 0 Å². The van der Waals surface area contributed by atoms with E-state index in [1.54, 1.807) is 0 Å². The summed E-state index contributed by atoms with van der Waals surface area (Å²) in [7, 11) is 3.99. The Labute approximate surface area is 69.9 Å². The first-order valence-electron chi connectivity index (χ1n) is 4.18. The van der Waals surface area contributed by atoms with E-state index in [1.165, 1.54) is 0 Å². The van der Waals surface area contributed by atoms with E-state index in [0.29, 0.717) is 11.8 Å². The molecule has 0 saturated heterocycles. The number of rotatable bonds is 5. The lowest BCUT2D eigenvalue weighted by Gasteiger charge is -2.21. The smallest absolute Gasteiger partial charge is 0.0145 e. The zero-order chi connectivity index (χ0) is 8.85. The van der Waals surface area contributed by atoms with Crippen molar-refractivity contribution in [1.82, 2.24) is 10.4 Å². The first-order valence-corrected chi connectivity index (χ1v) is 4.18. The first-order chi connectivity index (χ1) is 5.07. The third-order valence-corrected chi connectivity index (χ3v) is 1.92. The Morgan fingerprint density at radius 1 is 1.36 bits per heavy atom. The van der Waals surface area contributed by atoms with Crippen LogP contribution in [0.1, 0.15) is 13.8 Å². The molecule has 0 spiro atoms. The van der Waals surface area contributed by atoms with Crippen LogP contribution >= 0.6 is 0 Å². The predicted molar refractivity (Wildman–Crippen MR) is 49.1 cm³/mol. The lowest BCUT2D eigenvalue weighted by atomic mass is 9.96. The molecule has 0 aliphatic heterocycles. The standard InChI is InChI=1S/C8H21N3/c1-7(2)8(5-9)6-10-11(3)4/h7-8,10H,5-6,9H2,1-4H3. The molecule has 0 heterocycles. The third-order valence-electron chi connectivity index (χ3n) is 1.92. The quantitative estimate of drug-likeness (QED) is 0.566. The Bertz CT molecular complexity index is 91.3. The topological polar surface area (TPSA) is 41.3 Å². The van der Waals surface area contributed by atoms with Crippen LogP contribution in [0.5, 0.6) is 0 Å². The van der Waals surface area contributed by atoms with Crippen LogP contribution < -0.4 is 11.2 Å². The van der Waals surface area contributed by atoms with Gasteiger partial charge in [-0.25, -0.2) is 0 Å². The highest BCUT2D eigenvalue weighted by Gasteiger charge is 2.10. The number of nitrogens with one attached hydrogen (secondary N) is 1. The molecule has 3 N–H and O–H groups in total. The fourth-order valence-corrected chi connectivity index (χ4v) is 0.891. The largest absolute Gasteiger partial charge is 0.330 e. The van der Waals surface area contributed by atoms with Crippen LogP contribution in [0, 0.1) is 11.8 Å². The molecule has 3 heteroatoms. The minimum Gasteiger partial charge on any atom is -0.330 e. The van der Waals surface area contributed by atoms with E-state index in [-0.39, 0.29) is 0 Å². The van der Waals surface area contributed by atoms with Crippen molar-refractivity contribution < 1.29 is 0 Å². The van der Waals surface area contributed by atoms with Crippen LogP contribution in [0.15, 0.2) is 0 Å². The van der Waals surface area contributed by atoms with Gasteiger partial charge in [0.05, 0.1) is 0 Å². The van der Waals surface area contributed by atoms with Crippen LogP contribution in [-0.4, -0.2) is 32.2 Å². The number of hydrogen-bond donors (Lipinski definition) is 2. The second-order valence-corrected chi connectivity index (χ2v) is 3.50. The van der Waals surface area contributed by atoms with Crippen molar-refractivity contribution in [3.63, 3.8) is 0 Å². The molecular formula is C8H21N3. The highest BCUT2D eigenvalue weighted by molar-refractivity contribution is 4.64. The van der Waals surface area contributed by atoms with Crippen molar-refractivity contribution in [2.24, 2.45) is 17.6 Å². The first kappa shape index (κ1) is 10.9. The lowest BCUT2D eigenvalue weighted by Crippen LogP contribution is -2.38.